The fraction of sp³-hybridized carbons (Fsp3) is 0.200. The van der Waals surface area contributed by atoms with Gasteiger partial charge in [0.25, 0.3) is 0 Å². The van der Waals surface area contributed by atoms with E-state index in [2.05, 4.69) is 15.7 Å². The molecule has 8 heteroatoms. The Hall–Kier alpha value is -3.26. The summed E-state index contributed by atoms with van der Waals surface area (Å²) in [4.78, 5) is 14.3. The van der Waals surface area contributed by atoms with Crippen LogP contribution >= 0.6 is 12.2 Å². The number of fused-ring (bicyclic) bond motifs is 1. The van der Waals surface area contributed by atoms with Gasteiger partial charge in [-0.3, -0.25) is 10.2 Å². The topological polar surface area (TPSA) is 103 Å². The number of anilines is 1. The zero-order chi connectivity index (χ0) is 20.1. The normalized spacial score (nSPS) is 14.6. The van der Waals surface area contributed by atoms with Crippen molar-refractivity contribution in [2.75, 3.05) is 4.90 Å². The predicted octanol–water partition coefficient (Wildman–Crippen LogP) is 2.55. The van der Waals surface area contributed by atoms with Crippen LogP contribution < -0.4 is 16.1 Å². The van der Waals surface area contributed by atoms with Gasteiger partial charge in [-0.05, 0) is 48.8 Å². The van der Waals surface area contributed by atoms with E-state index < -0.39 is 0 Å². The summed E-state index contributed by atoms with van der Waals surface area (Å²) in [6.45, 7) is 2.15. The lowest BCUT2D eigenvalue weighted by atomic mass is 9.95. The van der Waals surface area contributed by atoms with Crippen LogP contribution in [0.2, 0.25) is 0 Å². The van der Waals surface area contributed by atoms with Crippen LogP contribution in [0.25, 0.3) is 0 Å². The standard InChI is InChI=1S/C20H21N5O2S/c1-13(24-27)19(22-23-20(21)28)16-7-9-17-15(11-16)8-10-18(26)25(17)12-14-5-3-2-4-6-14/h2-7,9,11,27H,8,10,12H2,1H3,(H3,21,23,28). The highest BCUT2D eigenvalue weighted by Crippen LogP contribution is 2.30. The Bertz CT molecular complexity index is 956. The maximum Gasteiger partial charge on any atom is 0.227 e. The second kappa shape index (κ2) is 8.62. The van der Waals surface area contributed by atoms with E-state index in [0.717, 1.165) is 22.4 Å². The summed E-state index contributed by atoms with van der Waals surface area (Å²) in [5.74, 6) is 0.0984. The van der Waals surface area contributed by atoms with Crippen molar-refractivity contribution >= 4 is 40.3 Å². The van der Waals surface area contributed by atoms with Crippen molar-refractivity contribution in [1.82, 2.24) is 5.43 Å². The van der Waals surface area contributed by atoms with Crippen LogP contribution in [0.1, 0.15) is 30.0 Å². The summed E-state index contributed by atoms with van der Waals surface area (Å²) < 4.78 is 0. The summed E-state index contributed by atoms with van der Waals surface area (Å²) in [6.07, 6.45) is 1.08. The molecule has 0 aromatic heterocycles. The van der Waals surface area contributed by atoms with Crippen molar-refractivity contribution in [1.29, 1.82) is 0 Å². The number of oxime groups is 1. The van der Waals surface area contributed by atoms with Crippen LogP contribution in [0, 0.1) is 0 Å². The molecule has 2 aromatic carbocycles. The van der Waals surface area contributed by atoms with Gasteiger partial charge in [0.05, 0.1) is 6.54 Å². The Morgan fingerprint density at radius 1 is 1.25 bits per heavy atom. The molecule has 1 amide bonds. The number of benzene rings is 2. The molecule has 1 aliphatic heterocycles. The number of aryl methyl sites for hydroxylation is 1. The number of amides is 1. The van der Waals surface area contributed by atoms with Gasteiger partial charge in [0.15, 0.2) is 5.11 Å². The zero-order valence-corrected chi connectivity index (χ0v) is 16.2. The molecule has 0 atom stereocenters. The lowest BCUT2D eigenvalue weighted by Gasteiger charge is -2.30. The van der Waals surface area contributed by atoms with Crippen molar-refractivity contribution in [3.63, 3.8) is 0 Å². The average Bonchev–Trinajstić information content (AvgIpc) is 2.70. The van der Waals surface area contributed by atoms with Crippen LogP contribution in [0.15, 0.2) is 58.8 Å². The van der Waals surface area contributed by atoms with Gasteiger partial charge in [0, 0.05) is 17.7 Å². The van der Waals surface area contributed by atoms with Gasteiger partial charge in [0.2, 0.25) is 5.91 Å². The molecule has 4 N–H and O–H groups in total. The molecular weight excluding hydrogens is 374 g/mol. The molecule has 1 heterocycles. The number of hydrogen-bond acceptors (Lipinski definition) is 5. The number of rotatable bonds is 5. The van der Waals surface area contributed by atoms with E-state index >= 15 is 0 Å². The minimum absolute atomic E-state index is 0.0147. The monoisotopic (exact) mass is 395 g/mol. The molecular formula is C20H21N5O2S. The largest absolute Gasteiger partial charge is 0.411 e. The lowest BCUT2D eigenvalue weighted by molar-refractivity contribution is -0.119. The van der Waals surface area contributed by atoms with Gasteiger partial charge in [-0.1, -0.05) is 41.6 Å². The molecule has 144 valence electrons. The maximum absolute atomic E-state index is 12.5. The Kier molecular flexibility index (Phi) is 6.00. The third-order valence-electron chi connectivity index (χ3n) is 4.51. The minimum atomic E-state index is 0.0147. The van der Waals surface area contributed by atoms with E-state index in [1.165, 1.54) is 0 Å². The highest BCUT2D eigenvalue weighted by Gasteiger charge is 2.25. The van der Waals surface area contributed by atoms with E-state index in [9.17, 15) is 10.0 Å². The molecule has 2 aromatic rings. The van der Waals surface area contributed by atoms with E-state index in [-0.39, 0.29) is 11.0 Å². The van der Waals surface area contributed by atoms with Gasteiger partial charge < -0.3 is 15.8 Å². The van der Waals surface area contributed by atoms with Crippen molar-refractivity contribution in [3.8, 4) is 0 Å². The predicted molar refractivity (Wildman–Crippen MR) is 114 cm³/mol. The molecule has 0 saturated heterocycles. The van der Waals surface area contributed by atoms with E-state index in [1.54, 1.807) is 11.8 Å². The zero-order valence-electron chi connectivity index (χ0n) is 15.4. The minimum Gasteiger partial charge on any atom is -0.411 e. The summed E-state index contributed by atoms with van der Waals surface area (Å²) in [7, 11) is 0. The maximum atomic E-state index is 12.5. The fourth-order valence-corrected chi connectivity index (χ4v) is 3.20. The molecule has 3 rings (SSSR count). The molecule has 1 aliphatic rings. The van der Waals surface area contributed by atoms with Gasteiger partial charge in [-0.15, -0.1) is 0 Å². The molecule has 0 fully saturated rings. The average molecular weight is 395 g/mol. The number of nitrogens with zero attached hydrogens (tertiary/aromatic N) is 3. The molecule has 0 bridgehead atoms. The van der Waals surface area contributed by atoms with Crippen LogP contribution in [-0.4, -0.2) is 27.7 Å². The molecule has 0 saturated carbocycles. The second-order valence-corrected chi connectivity index (χ2v) is 6.87. The number of carbonyl (C=O) groups is 1. The van der Waals surface area contributed by atoms with Crippen LogP contribution in [0.4, 0.5) is 5.69 Å². The smallest absolute Gasteiger partial charge is 0.227 e. The molecule has 0 radical (unpaired) electrons. The first kappa shape index (κ1) is 19.5. The van der Waals surface area contributed by atoms with Gasteiger partial charge >= 0.3 is 0 Å². The van der Waals surface area contributed by atoms with E-state index in [1.807, 2.05) is 48.5 Å². The highest BCUT2D eigenvalue weighted by molar-refractivity contribution is 7.80. The number of hydrogen-bond donors (Lipinski definition) is 3. The summed E-state index contributed by atoms with van der Waals surface area (Å²) in [5.41, 5.74) is 12.4. The SMILES string of the molecule is CC(=NO)C(=NNC(N)=S)c1ccc2c(c1)CCC(=O)N2Cc1ccccc1. The number of hydrazone groups is 1. The quantitative estimate of drug-likeness (QED) is 0.312. The first-order chi connectivity index (χ1) is 13.5. The Labute approximate surface area is 168 Å². The highest BCUT2D eigenvalue weighted by atomic mass is 32.1. The molecule has 0 aliphatic carbocycles. The van der Waals surface area contributed by atoms with Gasteiger partial charge in [-0.25, -0.2) is 0 Å². The summed E-state index contributed by atoms with van der Waals surface area (Å²) in [6, 6.07) is 15.6. The van der Waals surface area contributed by atoms with Crippen molar-refractivity contribution in [3.05, 3.63) is 65.2 Å². The van der Waals surface area contributed by atoms with Crippen molar-refractivity contribution < 1.29 is 10.0 Å². The Morgan fingerprint density at radius 2 is 2.00 bits per heavy atom. The van der Waals surface area contributed by atoms with Gasteiger partial charge in [0.1, 0.15) is 11.4 Å². The van der Waals surface area contributed by atoms with E-state index in [0.29, 0.717) is 30.8 Å². The summed E-state index contributed by atoms with van der Waals surface area (Å²) in [5, 5.41) is 16.6. The Morgan fingerprint density at radius 3 is 2.68 bits per heavy atom. The van der Waals surface area contributed by atoms with Crippen LogP contribution in [0.5, 0.6) is 0 Å². The number of nitrogens with one attached hydrogen (secondary N) is 1. The van der Waals surface area contributed by atoms with Crippen LogP contribution in [-0.2, 0) is 17.8 Å². The second-order valence-electron chi connectivity index (χ2n) is 6.43. The first-order valence-corrected chi connectivity index (χ1v) is 9.20. The van der Waals surface area contributed by atoms with Crippen molar-refractivity contribution in [2.45, 2.75) is 26.3 Å². The Balaban J connectivity index is 1.96. The van der Waals surface area contributed by atoms with Crippen molar-refractivity contribution in [2.24, 2.45) is 16.0 Å². The molecule has 0 spiro atoms. The van der Waals surface area contributed by atoms with Gasteiger partial charge in [-0.2, -0.15) is 5.10 Å². The first-order valence-electron chi connectivity index (χ1n) is 8.79. The molecule has 28 heavy (non-hydrogen) atoms. The number of thiocarbonyl (C=S) groups is 1. The molecule has 7 nitrogen and oxygen atoms in total. The molecule has 0 unspecified atom stereocenters. The number of nitrogens with two attached hydrogens (primary N) is 1. The van der Waals surface area contributed by atoms with Crippen LogP contribution in [0.3, 0.4) is 0 Å². The number of carbonyl (C=O) groups excluding carboxylic acids is 1. The third kappa shape index (κ3) is 4.34. The fourth-order valence-electron chi connectivity index (χ4n) is 3.16. The third-order valence-corrected chi connectivity index (χ3v) is 4.60. The van der Waals surface area contributed by atoms with E-state index in [4.69, 9.17) is 18.0 Å². The summed E-state index contributed by atoms with van der Waals surface area (Å²) >= 11 is 4.79. The lowest BCUT2D eigenvalue weighted by Crippen LogP contribution is -2.34.